The van der Waals surface area contributed by atoms with Gasteiger partial charge in [-0.1, -0.05) is 23.9 Å². The minimum atomic E-state index is 0.656. The van der Waals surface area contributed by atoms with Crippen LogP contribution in [0.4, 0.5) is 0 Å². The Bertz CT molecular complexity index is 794. The summed E-state index contributed by atoms with van der Waals surface area (Å²) in [6, 6.07) is 10.6. The zero-order valence-corrected chi connectivity index (χ0v) is 15.0. The molecule has 0 aliphatic heterocycles. The quantitative estimate of drug-likeness (QED) is 0.617. The molecular weight excluding hydrogens is 322 g/mol. The standard InChI is InChI=1S/C17H21N5OS/c1-13-10-14(2)22(20-13)16-6-4-15(5-7-16)11-24-17-19-18-12-21(17)8-9-23-3/h4-7,10,12H,8-9,11H2,1-3H3. The predicted octanol–water partition coefficient (Wildman–Crippen LogP) is 3.02. The third kappa shape index (κ3) is 3.85. The van der Waals surface area contributed by atoms with Crippen LogP contribution in [0.3, 0.4) is 0 Å². The molecule has 0 radical (unpaired) electrons. The van der Waals surface area contributed by atoms with Crippen molar-refractivity contribution in [1.82, 2.24) is 24.5 Å². The Morgan fingerprint density at radius 1 is 1.17 bits per heavy atom. The van der Waals surface area contributed by atoms with Gasteiger partial charge in [0.05, 0.1) is 18.0 Å². The lowest BCUT2D eigenvalue weighted by atomic mass is 10.2. The summed E-state index contributed by atoms with van der Waals surface area (Å²) in [5.41, 5.74) is 4.49. The zero-order valence-electron chi connectivity index (χ0n) is 14.1. The third-order valence-corrected chi connectivity index (χ3v) is 4.73. The van der Waals surface area contributed by atoms with E-state index in [1.54, 1.807) is 25.2 Å². The predicted molar refractivity (Wildman–Crippen MR) is 94.5 cm³/mol. The number of nitrogens with zero attached hydrogens (tertiary/aromatic N) is 5. The summed E-state index contributed by atoms with van der Waals surface area (Å²) in [4.78, 5) is 0. The summed E-state index contributed by atoms with van der Waals surface area (Å²) in [5.74, 6) is 0.850. The Kier molecular flexibility index (Phi) is 5.32. The minimum absolute atomic E-state index is 0.656. The second-order valence-corrected chi connectivity index (χ2v) is 6.54. The van der Waals surface area contributed by atoms with Crippen molar-refractivity contribution >= 4 is 11.8 Å². The van der Waals surface area contributed by atoms with Crippen LogP contribution in [-0.2, 0) is 17.0 Å². The molecule has 2 aromatic heterocycles. The Labute approximate surface area is 145 Å². The van der Waals surface area contributed by atoms with Crippen LogP contribution in [-0.4, -0.2) is 38.3 Å². The summed E-state index contributed by atoms with van der Waals surface area (Å²) in [5, 5.41) is 13.6. The average Bonchev–Trinajstić information content (AvgIpc) is 3.17. The monoisotopic (exact) mass is 343 g/mol. The molecule has 7 heteroatoms. The van der Waals surface area contributed by atoms with E-state index in [0.29, 0.717) is 6.61 Å². The first-order valence-electron chi connectivity index (χ1n) is 7.79. The summed E-state index contributed by atoms with van der Waals surface area (Å²) in [6.07, 6.45) is 1.74. The molecule has 24 heavy (non-hydrogen) atoms. The smallest absolute Gasteiger partial charge is 0.191 e. The van der Waals surface area contributed by atoms with E-state index in [4.69, 9.17) is 4.74 Å². The van der Waals surface area contributed by atoms with Crippen molar-refractivity contribution in [2.24, 2.45) is 0 Å². The number of hydrogen-bond donors (Lipinski definition) is 0. The van der Waals surface area contributed by atoms with Gasteiger partial charge >= 0.3 is 0 Å². The molecule has 3 aromatic rings. The maximum atomic E-state index is 5.11. The molecule has 0 N–H and O–H groups in total. The first-order chi connectivity index (χ1) is 11.7. The van der Waals surface area contributed by atoms with Crippen molar-refractivity contribution in [3.8, 4) is 5.69 Å². The maximum absolute atomic E-state index is 5.11. The van der Waals surface area contributed by atoms with Gasteiger partial charge in [-0.3, -0.25) is 0 Å². The molecule has 0 aliphatic rings. The van der Waals surface area contributed by atoms with Gasteiger partial charge < -0.3 is 9.30 Å². The molecule has 0 aliphatic carbocycles. The van der Waals surface area contributed by atoms with E-state index in [1.807, 2.05) is 16.2 Å². The van der Waals surface area contributed by atoms with Crippen molar-refractivity contribution in [2.45, 2.75) is 31.3 Å². The molecule has 0 fully saturated rings. The molecule has 1 aromatic carbocycles. The van der Waals surface area contributed by atoms with Crippen molar-refractivity contribution < 1.29 is 4.74 Å². The first-order valence-corrected chi connectivity index (χ1v) is 8.78. The summed E-state index contributed by atoms with van der Waals surface area (Å²) < 4.78 is 9.08. The first kappa shape index (κ1) is 16.7. The highest BCUT2D eigenvalue weighted by atomic mass is 32.2. The third-order valence-electron chi connectivity index (χ3n) is 3.67. The van der Waals surface area contributed by atoms with Crippen LogP contribution in [0.25, 0.3) is 5.69 Å². The van der Waals surface area contributed by atoms with Crippen LogP contribution in [0.1, 0.15) is 17.0 Å². The lowest BCUT2D eigenvalue weighted by Crippen LogP contribution is -2.04. The highest BCUT2D eigenvalue weighted by Gasteiger charge is 2.07. The fourth-order valence-corrected chi connectivity index (χ4v) is 3.37. The molecule has 0 saturated heterocycles. The number of ether oxygens (including phenoxy) is 1. The Hall–Kier alpha value is -2.12. The van der Waals surface area contributed by atoms with E-state index >= 15 is 0 Å². The highest BCUT2D eigenvalue weighted by molar-refractivity contribution is 7.98. The maximum Gasteiger partial charge on any atom is 0.191 e. The van der Waals surface area contributed by atoms with Crippen LogP contribution in [0.2, 0.25) is 0 Å². The molecule has 6 nitrogen and oxygen atoms in total. The number of hydrogen-bond acceptors (Lipinski definition) is 5. The summed E-state index contributed by atoms with van der Waals surface area (Å²) in [6.45, 7) is 5.50. The van der Waals surface area contributed by atoms with Gasteiger partial charge in [-0.15, -0.1) is 10.2 Å². The van der Waals surface area contributed by atoms with Gasteiger partial charge in [-0.2, -0.15) is 5.10 Å². The molecule has 0 amide bonds. The Morgan fingerprint density at radius 2 is 1.96 bits per heavy atom. The number of thioether (sulfide) groups is 1. The topological polar surface area (TPSA) is 57.8 Å². The second kappa shape index (κ2) is 7.63. The van der Waals surface area contributed by atoms with Gasteiger partial charge in [0.1, 0.15) is 6.33 Å². The van der Waals surface area contributed by atoms with Gasteiger partial charge in [-0.25, -0.2) is 4.68 Å². The summed E-state index contributed by atoms with van der Waals surface area (Å²) >= 11 is 1.68. The van der Waals surface area contributed by atoms with Crippen molar-refractivity contribution in [3.05, 3.63) is 53.6 Å². The molecule has 0 atom stereocenters. The molecule has 2 heterocycles. The lowest BCUT2D eigenvalue weighted by molar-refractivity contribution is 0.184. The zero-order chi connectivity index (χ0) is 16.9. The molecule has 0 bridgehead atoms. The SMILES string of the molecule is COCCn1cnnc1SCc1ccc(-n2nc(C)cc2C)cc1. The van der Waals surface area contributed by atoms with Gasteiger partial charge in [0, 0.05) is 25.1 Å². The van der Waals surface area contributed by atoms with Crippen molar-refractivity contribution in [1.29, 1.82) is 0 Å². The van der Waals surface area contributed by atoms with Gasteiger partial charge in [0.2, 0.25) is 0 Å². The number of benzene rings is 1. The fraction of sp³-hybridized carbons (Fsp3) is 0.353. The molecule has 3 rings (SSSR count). The Balaban J connectivity index is 1.65. The average molecular weight is 343 g/mol. The molecule has 0 saturated carbocycles. The second-order valence-electron chi connectivity index (χ2n) is 5.59. The molecule has 0 unspecified atom stereocenters. The fourth-order valence-electron chi connectivity index (χ4n) is 2.47. The highest BCUT2D eigenvalue weighted by Crippen LogP contribution is 2.22. The van der Waals surface area contributed by atoms with Gasteiger partial charge in [0.15, 0.2) is 5.16 Å². The molecule has 126 valence electrons. The number of methoxy groups -OCH3 is 1. The van der Waals surface area contributed by atoms with Crippen LogP contribution in [0.5, 0.6) is 0 Å². The van der Waals surface area contributed by atoms with Gasteiger partial charge in [-0.05, 0) is 37.6 Å². The van der Waals surface area contributed by atoms with Crippen LogP contribution in [0, 0.1) is 13.8 Å². The minimum Gasteiger partial charge on any atom is -0.383 e. The number of aromatic nitrogens is 5. The number of aryl methyl sites for hydroxylation is 2. The van der Waals surface area contributed by atoms with E-state index in [-0.39, 0.29) is 0 Å². The van der Waals surface area contributed by atoms with Crippen LogP contribution in [0.15, 0.2) is 41.8 Å². The van der Waals surface area contributed by atoms with E-state index in [1.165, 1.54) is 5.56 Å². The normalized spacial score (nSPS) is 11.1. The van der Waals surface area contributed by atoms with Crippen molar-refractivity contribution in [3.63, 3.8) is 0 Å². The van der Waals surface area contributed by atoms with Gasteiger partial charge in [0.25, 0.3) is 0 Å². The van der Waals surface area contributed by atoms with Crippen LogP contribution < -0.4 is 0 Å². The molecule has 0 spiro atoms. The molecular formula is C17H21N5OS. The van der Waals surface area contributed by atoms with E-state index in [9.17, 15) is 0 Å². The Morgan fingerprint density at radius 3 is 2.62 bits per heavy atom. The van der Waals surface area contributed by atoms with E-state index in [2.05, 4.69) is 52.6 Å². The largest absolute Gasteiger partial charge is 0.383 e. The van der Waals surface area contributed by atoms with E-state index in [0.717, 1.165) is 34.5 Å². The van der Waals surface area contributed by atoms with E-state index < -0.39 is 0 Å². The lowest BCUT2D eigenvalue weighted by Gasteiger charge is -2.07. The van der Waals surface area contributed by atoms with Crippen molar-refractivity contribution in [2.75, 3.05) is 13.7 Å². The summed E-state index contributed by atoms with van der Waals surface area (Å²) in [7, 11) is 1.70. The van der Waals surface area contributed by atoms with Crippen LogP contribution >= 0.6 is 11.8 Å². The number of rotatable bonds is 7.